The molecule has 0 radical (unpaired) electrons. The van der Waals surface area contributed by atoms with Crippen LogP contribution in [0.25, 0.3) is 0 Å². The fourth-order valence-electron chi connectivity index (χ4n) is 2.32. The van der Waals surface area contributed by atoms with Crippen molar-refractivity contribution in [3.05, 3.63) is 0 Å². The van der Waals surface area contributed by atoms with Gasteiger partial charge in [0, 0.05) is 45.1 Å². The third-order valence-electron chi connectivity index (χ3n) is 3.34. The first-order chi connectivity index (χ1) is 9.76. The monoisotopic (exact) mass is 300 g/mol. The van der Waals surface area contributed by atoms with Gasteiger partial charge in [-0.3, -0.25) is 4.79 Å². The molecule has 122 valence electrons. The largest absolute Gasteiger partial charge is 0.444 e. The number of hydrogen-bond acceptors (Lipinski definition) is 4. The van der Waals surface area contributed by atoms with Crippen LogP contribution < -0.4 is 0 Å². The molecule has 1 unspecified atom stereocenters. The zero-order valence-corrected chi connectivity index (χ0v) is 13.6. The van der Waals surface area contributed by atoms with Gasteiger partial charge in [-0.15, -0.1) is 0 Å². The third kappa shape index (κ3) is 5.91. The van der Waals surface area contributed by atoms with Gasteiger partial charge in [0.2, 0.25) is 5.91 Å². The molecule has 6 nitrogen and oxygen atoms in total. The van der Waals surface area contributed by atoms with E-state index >= 15 is 0 Å². The number of ether oxygens (including phenoxy) is 1. The van der Waals surface area contributed by atoms with Crippen molar-refractivity contribution in [2.75, 3.05) is 32.8 Å². The Morgan fingerprint density at radius 3 is 2.57 bits per heavy atom. The summed E-state index contributed by atoms with van der Waals surface area (Å²) in [5, 5.41) is 9.12. The maximum Gasteiger partial charge on any atom is 0.410 e. The van der Waals surface area contributed by atoms with E-state index in [0.29, 0.717) is 32.6 Å². The second-order valence-corrected chi connectivity index (χ2v) is 6.56. The number of hydrogen-bond donors (Lipinski definition) is 1. The fraction of sp³-hybridized carbons (Fsp3) is 0.867. The number of aliphatic hydroxyl groups is 1. The average Bonchev–Trinajstić information content (AvgIpc) is 2.73. The minimum absolute atomic E-state index is 0.0265. The lowest BCUT2D eigenvalue weighted by atomic mass is 10.1. The molecule has 0 spiro atoms. The first kappa shape index (κ1) is 17.8. The highest BCUT2D eigenvalue weighted by Gasteiger charge is 2.30. The van der Waals surface area contributed by atoms with Gasteiger partial charge in [0.15, 0.2) is 0 Å². The molecule has 0 saturated carbocycles. The van der Waals surface area contributed by atoms with Gasteiger partial charge in [-0.2, -0.15) is 0 Å². The fourth-order valence-corrected chi connectivity index (χ4v) is 2.32. The van der Waals surface area contributed by atoms with Crippen molar-refractivity contribution >= 4 is 12.0 Å². The van der Waals surface area contributed by atoms with E-state index in [9.17, 15) is 9.59 Å². The Labute approximate surface area is 127 Å². The van der Waals surface area contributed by atoms with Crippen LogP contribution in [-0.2, 0) is 9.53 Å². The van der Waals surface area contributed by atoms with Crippen LogP contribution in [0.3, 0.4) is 0 Å². The Morgan fingerprint density at radius 2 is 2.10 bits per heavy atom. The average molecular weight is 300 g/mol. The van der Waals surface area contributed by atoms with E-state index in [-0.39, 0.29) is 24.5 Å². The first-order valence-corrected chi connectivity index (χ1v) is 7.63. The molecule has 1 heterocycles. The summed E-state index contributed by atoms with van der Waals surface area (Å²) < 4.78 is 5.38. The van der Waals surface area contributed by atoms with Gasteiger partial charge in [0.1, 0.15) is 5.60 Å². The van der Waals surface area contributed by atoms with Gasteiger partial charge in [-0.1, -0.05) is 6.92 Å². The van der Waals surface area contributed by atoms with E-state index in [4.69, 9.17) is 9.84 Å². The molecule has 1 saturated heterocycles. The van der Waals surface area contributed by atoms with Crippen LogP contribution in [0.15, 0.2) is 0 Å². The normalized spacial score (nSPS) is 19.0. The Balaban J connectivity index is 2.51. The number of carbonyl (C=O) groups is 2. The van der Waals surface area contributed by atoms with Gasteiger partial charge in [-0.05, 0) is 27.2 Å². The van der Waals surface area contributed by atoms with Gasteiger partial charge in [0.05, 0.1) is 0 Å². The SMILES string of the molecule is CCCN(CCN1CC(CO)CC1=O)C(=O)OC(C)(C)C. The second-order valence-electron chi connectivity index (χ2n) is 6.56. The van der Waals surface area contributed by atoms with Crippen LogP contribution in [-0.4, -0.2) is 65.3 Å². The molecule has 0 aromatic rings. The van der Waals surface area contributed by atoms with Crippen molar-refractivity contribution in [1.82, 2.24) is 9.80 Å². The van der Waals surface area contributed by atoms with Crippen LogP contribution in [0.5, 0.6) is 0 Å². The zero-order chi connectivity index (χ0) is 16.0. The lowest BCUT2D eigenvalue weighted by Gasteiger charge is -2.28. The van der Waals surface area contributed by atoms with E-state index in [0.717, 1.165) is 6.42 Å². The van der Waals surface area contributed by atoms with E-state index < -0.39 is 5.60 Å². The van der Waals surface area contributed by atoms with Gasteiger partial charge in [0.25, 0.3) is 0 Å². The predicted molar refractivity (Wildman–Crippen MR) is 79.9 cm³/mol. The van der Waals surface area contributed by atoms with E-state index in [1.54, 1.807) is 9.80 Å². The lowest BCUT2D eigenvalue weighted by Crippen LogP contribution is -2.42. The Hall–Kier alpha value is -1.30. The van der Waals surface area contributed by atoms with Crippen molar-refractivity contribution < 1.29 is 19.4 Å². The summed E-state index contributed by atoms with van der Waals surface area (Å²) in [4.78, 5) is 27.3. The molecule has 0 bridgehead atoms. The molecule has 1 N–H and O–H groups in total. The van der Waals surface area contributed by atoms with Crippen molar-refractivity contribution in [3.63, 3.8) is 0 Å². The molecule has 21 heavy (non-hydrogen) atoms. The van der Waals surface area contributed by atoms with Crippen LogP contribution >= 0.6 is 0 Å². The number of likely N-dealkylation sites (tertiary alicyclic amines) is 1. The molecule has 0 aliphatic carbocycles. The Bertz CT molecular complexity index is 365. The molecule has 2 amide bonds. The molecule has 0 aromatic heterocycles. The third-order valence-corrected chi connectivity index (χ3v) is 3.34. The summed E-state index contributed by atoms with van der Waals surface area (Å²) in [6.45, 7) is 9.69. The molecular formula is C15H28N2O4. The Morgan fingerprint density at radius 1 is 1.43 bits per heavy atom. The summed E-state index contributed by atoms with van der Waals surface area (Å²) in [7, 11) is 0. The van der Waals surface area contributed by atoms with Gasteiger partial charge < -0.3 is 19.6 Å². The highest BCUT2D eigenvalue weighted by Crippen LogP contribution is 2.17. The van der Waals surface area contributed by atoms with Crippen molar-refractivity contribution in [2.24, 2.45) is 5.92 Å². The van der Waals surface area contributed by atoms with E-state index in [1.165, 1.54) is 0 Å². The predicted octanol–water partition coefficient (Wildman–Crippen LogP) is 1.47. The molecular weight excluding hydrogens is 272 g/mol. The standard InChI is InChI=1S/C15H28N2O4/c1-5-6-16(14(20)21-15(2,3)4)7-8-17-10-12(11-18)9-13(17)19/h12,18H,5-11H2,1-4H3. The molecule has 1 atom stereocenters. The van der Waals surface area contributed by atoms with Crippen LogP contribution in [0.1, 0.15) is 40.5 Å². The topological polar surface area (TPSA) is 70.1 Å². The minimum Gasteiger partial charge on any atom is -0.444 e. The van der Waals surface area contributed by atoms with Gasteiger partial charge in [-0.25, -0.2) is 4.79 Å². The smallest absolute Gasteiger partial charge is 0.410 e. The summed E-state index contributed by atoms with van der Waals surface area (Å²) in [5.74, 6) is 0.0772. The molecule has 0 aromatic carbocycles. The highest BCUT2D eigenvalue weighted by atomic mass is 16.6. The van der Waals surface area contributed by atoms with E-state index in [2.05, 4.69) is 0 Å². The summed E-state index contributed by atoms with van der Waals surface area (Å²) in [6, 6.07) is 0. The number of carbonyl (C=O) groups excluding carboxylic acids is 2. The minimum atomic E-state index is -0.519. The van der Waals surface area contributed by atoms with Crippen molar-refractivity contribution in [1.29, 1.82) is 0 Å². The molecule has 1 aliphatic heterocycles. The van der Waals surface area contributed by atoms with Crippen molar-refractivity contribution in [2.45, 2.75) is 46.1 Å². The van der Waals surface area contributed by atoms with Crippen LogP contribution in [0.2, 0.25) is 0 Å². The van der Waals surface area contributed by atoms with Crippen LogP contribution in [0.4, 0.5) is 4.79 Å². The number of amides is 2. The zero-order valence-electron chi connectivity index (χ0n) is 13.6. The Kier molecular flexibility index (Phi) is 6.45. The maximum absolute atomic E-state index is 12.1. The van der Waals surface area contributed by atoms with Crippen LogP contribution in [0, 0.1) is 5.92 Å². The van der Waals surface area contributed by atoms with Crippen molar-refractivity contribution in [3.8, 4) is 0 Å². The number of rotatable bonds is 6. The maximum atomic E-state index is 12.1. The lowest BCUT2D eigenvalue weighted by molar-refractivity contribution is -0.128. The molecule has 1 rings (SSSR count). The number of aliphatic hydroxyl groups excluding tert-OH is 1. The van der Waals surface area contributed by atoms with E-state index in [1.807, 2.05) is 27.7 Å². The molecule has 6 heteroatoms. The van der Waals surface area contributed by atoms with Gasteiger partial charge >= 0.3 is 6.09 Å². The molecule has 1 aliphatic rings. The summed E-state index contributed by atoms with van der Waals surface area (Å²) >= 11 is 0. The summed E-state index contributed by atoms with van der Waals surface area (Å²) in [6.07, 6.45) is 0.901. The highest BCUT2D eigenvalue weighted by molar-refractivity contribution is 5.78. The first-order valence-electron chi connectivity index (χ1n) is 7.63. The quantitative estimate of drug-likeness (QED) is 0.806. The summed E-state index contributed by atoms with van der Waals surface area (Å²) in [5.41, 5.74) is -0.519. The number of nitrogens with zero attached hydrogens (tertiary/aromatic N) is 2. The molecule has 1 fully saturated rings. The second kappa shape index (κ2) is 7.64.